The number of fused-ring (bicyclic) bond motifs is 1. The van der Waals surface area contributed by atoms with E-state index < -0.39 is 6.04 Å². The van der Waals surface area contributed by atoms with Gasteiger partial charge in [0.2, 0.25) is 0 Å². The highest BCUT2D eigenvalue weighted by Crippen LogP contribution is 2.34. The number of H-pyrrole nitrogens is 1. The molecule has 1 aromatic carbocycles. The number of carbonyl (C=O) groups excluding carboxylic acids is 1. The molecule has 1 unspecified atom stereocenters. The van der Waals surface area contributed by atoms with E-state index in [0.29, 0.717) is 43.3 Å². The molecule has 3 aromatic heterocycles. The zero-order chi connectivity index (χ0) is 25.5. The van der Waals surface area contributed by atoms with Gasteiger partial charge in [-0.2, -0.15) is 0 Å². The summed E-state index contributed by atoms with van der Waals surface area (Å²) in [7, 11) is 0. The number of pyridine rings is 1. The van der Waals surface area contributed by atoms with Gasteiger partial charge in [0, 0.05) is 31.7 Å². The van der Waals surface area contributed by atoms with Crippen LogP contribution >= 0.6 is 0 Å². The Bertz CT molecular complexity index is 1480. The molecule has 4 aromatic rings. The fraction of sp³-hybridized carbons (Fsp3) is 0.444. The molecule has 1 amide bonds. The zero-order valence-electron chi connectivity index (χ0n) is 21.2. The molecule has 192 valence electrons. The minimum absolute atomic E-state index is 0.119. The second-order valence-electron chi connectivity index (χ2n) is 10.2. The SMILES string of the molecule is Cc1cc(C)c2[nH]c(=O)c(C(c3nnnn3C3CCCC3)N3CCN(C(=O)c4ccco4)CC3)cc2c1. The molecular formula is C27H31N7O3. The number of aromatic nitrogens is 5. The van der Waals surface area contributed by atoms with Gasteiger partial charge in [0.1, 0.15) is 6.04 Å². The molecule has 1 aliphatic heterocycles. The zero-order valence-corrected chi connectivity index (χ0v) is 21.2. The highest BCUT2D eigenvalue weighted by atomic mass is 16.3. The van der Waals surface area contributed by atoms with Crippen LogP contribution in [0.4, 0.5) is 0 Å². The smallest absolute Gasteiger partial charge is 0.289 e. The van der Waals surface area contributed by atoms with Gasteiger partial charge < -0.3 is 14.3 Å². The molecule has 10 heteroatoms. The van der Waals surface area contributed by atoms with E-state index in [0.717, 1.165) is 47.7 Å². The summed E-state index contributed by atoms with van der Waals surface area (Å²) in [4.78, 5) is 33.6. The summed E-state index contributed by atoms with van der Waals surface area (Å²) in [5, 5.41) is 13.9. The number of nitrogens with one attached hydrogen (secondary N) is 1. The molecule has 2 fully saturated rings. The summed E-state index contributed by atoms with van der Waals surface area (Å²) in [6.45, 7) is 6.27. The Labute approximate surface area is 214 Å². The van der Waals surface area contributed by atoms with Gasteiger partial charge in [-0.05, 0) is 72.3 Å². The van der Waals surface area contributed by atoms with E-state index >= 15 is 0 Å². The Morgan fingerprint density at radius 2 is 1.89 bits per heavy atom. The molecule has 0 radical (unpaired) electrons. The molecule has 1 N–H and O–H groups in total. The minimum Gasteiger partial charge on any atom is -0.459 e. The van der Waals surface area contributed by atoms with Gasteiger partial charge in [-0.15, -0.1) is 5.10 Å². The molecule has 10 nitrogen and oxygen atoms in total. The topological polar surface area (TPSA) is 113 Å². The summed E-state index contributed by atoms with van der Waals surface area (Å²) < 4.78 is 7.25. The number of amides is 1. The maximum Gasteiger partial charge on any atom is 0.289 e. The van der Waals surface area contributed by atoms with Crippen LogP contribution in [0, 0.1) is 13.8 Å². The van der Waals surface area contributed by atoms with Crippen molar-refractivity contribution in [2.45, 2.75) is 51.6 Å². The number of benzene rings is 1. The van der Waals surface area contributed by atoms with E-state index in [1.807, 2.05) is 17.7 Å². The van der Waals surface area contributed by atoms with E-state index in [1.165, 1.54) is 6.26 Å². The van der Waals surface area contributed by atoms with Crippen molar-refractivity contribution < 1.29 is 9.21 Å². The minimum atomic E-state index is -0.426. The Morgan fingerprint density at radius 3 is 2.62 bits per heavy atom. The van der Waals surface area contributed by atoms with Crippen molar-refractivity contribution in [3.05, 3.63) is 75.2 Å². The van der Waals surface area contributed by atoms with Gasteiger partial charge in [0.15, 0.2) is 11.6 Å². The first kappa shape index (κ1) is 23.6. The fourth-order valence-corrected chi connectivity index (χ4v) is 5.93. The Morgan fingerprint density at radius 1 is 1.11 bits per heavy atom. The molecule has 0 spiro atoms. The van der Waals surface area contributed by atoms with Gasteiger partial charge in [-0.1, -0.05) is 24.5 Å². The van der Waals surface area contributed by atoms with Crippen molar-refractivity contribution in [1.82, 2.24) is 35.0 Å². The normalized spacial score (nSPS) is 18.1. The van der Waals surface area contributed by atoms with Crippen LogP contribution in [0.2, 0.25) is 0 Å². The number of piperazine rings is 1. The fourth-order valence-electron chi connectivity index (χ4n) is 5.93. The third kappa shape index (κ3) is 4.35. The van der Waals surface area contributed by atoms with Gasteiger partial charge in [0.25, 0.3) is 11.5 Å². The summed E-state index contributed by atoms with van der Waals surface area (Å²) in [6, 6.07) is 9.38. The first-order chi connectivity index (χ1) is 18.0. The van der Waals surface area contributed by atoms with Crippen molar-refractivity contribution in [3.63, 3.8) is 0 Å². The number of hydrogen-bond acceptors (Lipinski definition) is 7. The summed E-state index contributed by atoms with van der Waals surface area (Å²) in [5.74, 6) is 0.908. The largest absolute Gasteiger partial charge is 0.459 e. The number of tetrazole rings is 1. The molecule has 1 aliphatic carbocycles. The molecule has 1 saturated heterocycles. The number of carbonyl (C=O) groups is 1. The van der Waals surface area contributed by atoms with E-state index in [9.17, 15) is 9.59 Å². The number of nitrogens with zero attached hydrogens (tertiary/aromatic N) is 6. The molecule has 0 bridgehead atoms. The quantitative estimate of drug-likeness (QED) is 0.446. The Balaban J connectivity index is 1.39. The monoisotopic (exact) mass is 501 g/mol. The first-order valence-electron chi connectivity index (χ1n) is 13.0. The maximum atomic E-state index is 13.6. The van der Waals surface area contributed by atoms with E-state index in [2.05, 4.69) is 44.5 Å². The lowest BCUT2D eigenvalue weighted by Gasteiger charge is -2.38. The van der Waals surface area contributed by atoms with Crippen LogP contribution in [0.5, 0.6) is 0 Å². The van der Waals surface area contributed by atoms with Gasteiger partial charge >= 0.3 is 0 Å². The lowest BCUT2D eigenvalue weighted by Crippen LogP contribution is -2.50. The molecule has 37 heavy (non-hydrogen) atoms. The average molecular weight is 502 g/mol. The number of hydrogen-bond donors (Lipinski definition) is 1. The molecule has 6 rings (SSSR count). The molecule has 1 saturated carbocycles. The molecule has 2 aliphatic rings. The second kappa shape index (κ2) is 9.59. The van der Waals surface area contributed by atoms with E-state index in [1.54, 1.807) is 17.0 Å². The van der Waals surface area contributed by atoms with Crippen LogP contribution in [0.3, 0.4) is 0 Å². The predicted octanol–water partition coefficient (Wildman–Crippen LogP) is 3.39. The maximum absolute atomic E-state index is 13.6. The van der Waals surface area contributed by atoms with Gasteiger partial charge in [0.05, 0.1) is 17.8 Å². The molecule has 1 atom stereocenters. The summed E-state index contributed by atoms with van der Waals surface area (Å²) in [6.07, 6.45) is 5.87. The molecule has 4 heterocycles. The van der Waals surface area contributed by atoms with Crippen molar-refractivity contribution in [3.8, 4) is 0 Å². The van der Waals surface area contributed by atoms with Gasteiger partial charge in [-0.25, -0.2) is 4.68 Å². The van der Waals surface area contributed by atoms with Crippen molar-refractivity contribution in [2.24, 2.45) is 0 Å². The van der Waals surface area contributed by atoms with Crippen molar-refractivity contribution in [1.29, 1.82) is 0 Å². The van der Waals surface area contributed by atoms with Crippen molar-refractivity contribution >= 4 is 16.8 Å². The van der Waals surface area contributed by atoms with Crippen LogP contribution in [0.25, 0.3) is 10.9 Å². The molecular weight excluding hydrogens is 470 g/mol. The van der Waals surface area contributed by atoms with E-state index in [-0.39, 0.29) is 17.5 Å². The lowest BCUT2D eigenvalue weighted by atomic mass is 10.00. The number of aromatic amines is 1. The summed E-state index contributed by atoms with van der Waals surface area (Å²) >= 11 is 0. The third-order valence-electron chi connectivity index (χ3n) is 7.75. The Kier molecular flexibility index (Phi) is 6.11. The average Bonchev–Trinajstić information content (AvgIpc) is 3.68. The van der Waals surface area contributed by atoms with Crippen LogP contribution in [0.1, 0.15) is 70.8 Å². The van der Waals surface area contributed by atoms with Crippen LogP contribution in [-0.2, 0) is 0 Å². The predicted molar refractivity (Wildman–Crippen MR) is 137 cm³/mol. The summed E-state index contributed by atoms with van der Waals surface area (Å²) in [5.41, 5.74) is 3.51. The highest BCUT2D eigenvalue weighted by Gasteiger charge is 2.35. The number of furan rings is 1. The van der Waals surface area contributed by atoms with E-state index in [4.69, 9.17) is 4.42 Å². The first-order valence-corrected chi connectivity index (χ1v) is 13.0. The number of aryl methyl sites for hydroxylation is 2. The second-order valence-corrected chi connectivity index (χ2v) is 10.2. The standard InChI is InChI=1S/C27H31N7O3/c1-17-14-18(2)23-19(15-17)16-21(26(35)28-23)24(25-29-30-31-34(25)20-6-3-4-7-20)32-9-11-33(12-10-32)27(36)22-8-5-13-37-22/h5,8,13-16,20,24H,3-4,6-7,9-12H2,1-2H3,(H,28,35). The van der Waals surface area contributed by atoms with Crippen LogP contribution in [-0.4, -0.2) is 67.1 Å². The van der Waals surface area contributed by atoms with Crippen LogP contribution < -0.4 is 5.56 Å². The third-order valence-corrected chi connectivity index (χ3v) is 7.75. The number of rotatable bonds is 5. The highest BCUT2D eigenvalue weighted by molar-refractivity contribution is 5.91. The van der Waals surface area contributed by atoms with Gasteiger partial charge in [-0.3, -0.25) is 14.5 Å². The van der Waals surface area contributed by atoms with Crippen LogP contribution in [0.15, 0.2) is 45.8 Å². The van der Waals surface area contributed by atoms with Crippen molar-refractivity contribution in [2.75, 3.05) is 26.2 Å². The lowest BCUT2D eigenvalue weighted by molar-refractivity contribution is 0.0557. The Hall–Kier alpha value is -3.79.